The molecular weight excluding hydrogens is 398 g/mol. The molecule has 0 unspecified atom stereocenters. The molecule has 3 amide bonds. The minimum Gasteiger partial charge on any atom is -0.348 e. The predicted octanol–water partition coefficient (Wildman–Crippen LogP) is 1.90. The molecule has 0 atom stereocenters. The zero-order valence-corrected chi connectivity index (χ0v) is 16.3. The molecule has 156 valence electrons. The molecule has 0 aliphatic carbocycles. The number of hydrogen-bond acceptors (Lipinski definition) is 5. The van der Waals surface area contributed by atoms with Gasteiger partial charge >= 0.3 is 6.03 Å². The first-order valence-electron chi connectivity index (χ1n) is 9.46. The van der Waals surface area contributed by atoms with Crippen molar-refractivity contribution in [3.63, 3.8) is 0 Å². The Bertz CT molecular complexity index is 1280. The van der Waals surface area contributed by atoms with Crippen LogP contribution in [0.5, 0.6) is 0 Å². The SMILES string of the molecule is O=C(NCc1ccncc1)Nc1cccc(CNC(=O)c2c[nH]c3nc[nH]c(=O)c23)c1. The monoisotopic (exact) mass is 417 g/mol. The predicted molar refractivity (Wildman–Crippen MR) is 114 cm³/mol. The van der Waals surface area contributed by atoms with Crippen LogP contribution in [0.25, 0.3) is 11.0 Å². The molecule has 3 heterocycles. The number of H-pyrrole nitrogens is 2. The maximum absolute atomic E-state index is 12.5. The fourth-order valence-corrected chi connectivity index (χ4v) is 3.05. The maximum Gasteiger partial charge on any atom is 0.319 e. The van der Waals surface area contributed by atoms with Crippen LogP contribution in [0.3, 0.4) is 0 Å². The van der Waals surface area contributed by atoms with Gasteiger partial charge < -0.3 is 25.9 Å². The van der Waals surface area contributed by atoms with Gasteiger partial charge in [-0.3, -0.25) is 14.6 Å². The van der Waals surface area contributed by atoms with E-state index in [9.17, 15) is 14.4 Å². The van der Waals surface area contributed by atoms with Gasteiger partial charge in [-0.05, 0) is 35.4 Å². The number of urea groups is 1. The van der Waals surface area contributed by atoms with Crippen molar-refractivity contribution in [3.05, 3.63) is 88.4 Å². The normalized spacial score (nSPS) is 10.6. The van der Waals surface area contributed by atoms with Crippen LogP contribution in [-0.4, -0.2) is 31.9 Å². The summed E-state index contributed by atoms with van der Waals surface area (Å²) in [5.74, 6) is -0.404. The van der Waals surface area contributed by atoms with E-state index in [-0.39, 0.29) is 29.1 Å². The molecule has 4 aromatic rings. The maximum atomic E-state index is 12.5. The summed E-state index contributed by atoms with van der Waals surface area (Å²) < 4.78 is 0. The van der Waals surface area contributed by atoms with Gasteiger partial charge in [-0.15, -0.1) is 0 Å². The molecular formula is C21H19N7O3. The summed E-state index contributed by atoms with van der Waals surface area (Å²) in [7, 11) is 0. The van der Waals surface area contributed by atoms with Gasteiger partial charge in [-0.25, -0.2) is 9.78 Å². The van der Waals surface area contributed by atoms with Gasteiger partial charge in [0.25, 0.3) is 11.5 Å². The molecule has 0 aliphatic heterocycles. The summed E-state index contributed by atoms with van der Waals surface area (Å²) >= 11 is 0. The Morgan fingerprint density at radius 3 is 2.61 bits per heavy atom. The Kier molecular flexibility index (Phi) is 5.70. The molecule has 10 heteroatoms. The first-order valence-corrected chi connectivity index (χ1v) is 9.46. The average molecular weight is 417 g/mol. The molecule has 0 bridgehead atoms. The Labute approximate surface area is 176 Å². The summed E-state index contributed by atoms with van der Waals surface area (Å²) in [6, 6.07) is 10.4. The molecule has 3 aromatic heterocycles. The Balaban J connectivity index is 1.35. The van der Waals surface area contributed by atoms with E-state index in [4.69, 9.17) is 0 Å². The van der Waals surface area contributed by atoms with Crippen molar-refractivity contribution >= 4 is 28.7 Å². The number of amides is 3. The van der Waals surface area contributed by atoms with E-state index in [0.29, 0.717) is 17.9 Å². The second kappa shape index (κ2) is 8.91. The van der Waals surface area contributed by atoms with Crippen LogP contribution < -0.4 is 21.5 Å². The van der Waals surface area contributed by atoms with E-state index in [1.165, 1.54) is 12.5 Å². The van der Waals surface area contributed by atoms with E-state index in [2.05, 4.69) is 35.9 Å². The van der Waals surface area contributed by atoms with Crippen molar-refractivity contribution in [2.75, 3.05) is 5.32 Å². The third-order valence-corrected chi connectivity index (χ3v) is 4.56. The number of benzene rings is 1. The largest absolute Gasteiger partial charge is 0.348 e. The molecule has 5 N–H and O–H groups in total. The molecule has 0 spiro atoms. The molecule has 10 nitrogen and oxygen atoms in total. The molecule has 0 aliphatic rings. The van der Waals surface area contributed by atoms with E-state index < -0.39 is 5.91 Å². The van der Waals surface area contributed by atoms with Crippen LogP contribution >= 0.6 is 0 Å². The van der Waals surface area contributed by atoms with Gasteiger partial charge in [0.1, 0.15) is 5.65 Å². The topological polar surface area (TPSA) is 145 Å². The third kappa shape index (κ3) is 4.75. The number of aromatic amines is 2. The third-order valence-electron chi connectivity index (χ3n) is 4.56. The molecule has 0 fully saturated rings. The lowest BCUT2D eigenvalue weighted by Gasteiger charge is -2.10. The molecule has 0 radical (unpaired) electrons. The standard InChI is InChI=1S/C21H19N7O3/c29-19(16-11-23-18-17(16)20(30)27-12-26-18)24-10-14-2-1-3-15(8-14)28-21(31)25-9-13-4-6-22-7-5-13/h1-8,11-12H,9-10H2,(H,24,29)(H2,25,28,31)(H2,23,26,27,30). The van der Waals surface area contributed by atoms with Gasteiger partial charge in [0.05, 0.1) is 17.3 Å². The van der Waals surface area contributed by atoms with Gasteiger partial charge in [0, 0.05) is 37.4 Å². The first kappa shape index (κ1) is 19.8. The van der Waals surface area contributed by atoms with Crippen molar-refractivity contribution in [2.24, 2.45) is 0 Å². The number of aromatic nitrogens is 4. The summed E-state index contributed by atoms with van der Waals surface area (Å²) in [6.07, 6.45) is 6.05. The molecule has 0 saturated heterocycles. The molecule has 0 saturated carbocycles. The number of fused-ring (bicyclic) bond motifs is 1. The summed E-state index contributed by atoms with van der Waals surface area (Å²) in [6.45, 7) is 0.598. The molecule has 31 heavy (non-hydrogen) atoms. The van der Waals surface area contributed by atoms with Crippen LogP contribution in [0.4, 0.5) is 10.5 Å². The number of rotatable bonds is 6. The number of nitrogens with zero attached hydrogens (tertiary/aromatic N) is 2. The summed E-state index contributed by atoms with van der Waals surface area (Å²) in [5, 5.41) is 8.51. The Hall–Kier alpha value is -4.47. The minimum absolute atomic E-state index is 0.210. The van der Waals surface area contributed by atoms with Gasteiger partial charge in [-0.2, -0.15) is 0 Å². The zero-order chi connectivity index (χ0) is 21.6. The zero-order valence-electron chi connectivity index (χ0n) is 16.3. The number of carbonyl (C=O) groups is 2. The van der Waals surface area contributed by atoms with Crippen molar-refractivity contribution in [1.29, 1.82) is 0 Å². The van der Waals surface area contributed by atoms with Gasteiger partial charge in [0.15, 0.2) is 0 Å². The lowest BCUT2D eigenvalue weighted by Crippen LogP contribution is -2.28. The highest BCUT2D eigenvalue weighted by molar-refractivity contribution is 6.05. The van der Waals surface area contributed by atoms with E-state index in [1.54, 1.807) is 30.6 Å². The molecule has 4 rings (SSSR count). The summed E-state index contributed by atoms with van der Waals surface area (Å²) in [4.78, 5) is 49.8. The second-order valence-corrected chi connectivity index (χ2v) is 6.70. The smallest absolute Gasteiger partial charge is 0.319 e. The average Bonchev–Trinajstić information content (AvgIpc) is 3.23. The van der Waals surface area contributed by atoms with Crippen molar-refractivity contribution < 1.29 is 9.59 Å². The number of hydrogen-bond donors (Lipinski definition) is 5. The minimum atomic E-state index is -0.404. The van der Waals surface area contributed by atoms with E-state index >= 15 is 0 Å². The van der Waals surface area contributed by atoms with Gasteiger partial charge in [-0.1, -0.05) is 12.1 Å². The number of pyridine rings is 1. The van der Waals surface area contributed by atoms with Crippen molar-refractivity contribution in [2.45, 2.75) is 13.1 Å². The second-order valence-electron chi connectivity index (χ2n) is 6.70. The highest BCUT2D eigenvalue weighted by Gasteiger charge is 2.15. The van der Waals surface area contributed by atoms with Gasteiger partial charge in [0.2, 0.25) is 0 Å². The fourth-order valence-electron chi connectivity index (χ4n) is 3.05. The Morgan fingerprint density at radius 1 is 0.968 bits per heavy atom. The number of carbonyl (C=O) groups excluding carboxylic acids is 2. The lowest BCUT2D eigenvalue weighted by molar-refractivity contribution is 0.0952. The van der Waals surface area contributed by atoms with Crippen molar-refractivity contribution in [1.82, 2.24) is 30.6 Å². The number of anilines is 1. The lowest BCUT2D eigenvalue weighted by atomic mass is 10.2. The Morgan fingerprint density at radius 2 is 1.77 bits per heavy atom. The van der Waals surface area contributed by atoms with Crippen LogP contribution in [0.1, 0.15) is 21.5 Å². The highest BCUT2D eigenvalue weighted by atomic mass is 16.2. The van der Waals surface area contributed by atoms with Crippen molar-refractivity contribution in [3.8, 4) is 0 Å². The van der Waals surface area contributed by atoms with Crippen LogP contribution in [-0.2, 0) is 13.1 Å². The van der Waals surface area contributed by atoms with E-state index in [1.807, 2.05) is 18.2 Å². The van der Waals surface area contributed by atoms with Crippen LogP contribution in [0.15, 0.2) is 66.1 Å². The fraction of sp³-hybridized carbons (Fsp3) is 0.0952. The highest BCUT2D eigenvalue weighted by Crippen LogP contribution is 2.13. The number of nitrogens with one attached hydrogen (secondary N) is 5. The van der Waals surface area contributed by atoms with Crippen LogP contribution in [0.2, 0.25) is 0 Å². The van der Waals surface area contributed by atoms with E-state index in [0.717, 1.165) is 11.1 Å². The molecule has 1 aromatic carbocycles. The first-order chi connectivity index (χ1) is 15.1. The van der Waals surface area contributed by atoms with Crippen LogP contribution in [0, 0.1) is 0 Å². The quantitative estimate of drug-likeness (QED) is 0.325. The summed E-state index contributed by atoms with van der Waals surface area (Å²) in [5.41, 5.74) is 2.49.